The first-order chi connectivity index (χ1) is 15.8. The Bertz CT molecular complexity index is 943. The maximum absolute atomic E-state index is 13.3. The highest BCUT2D eigenvalue weighted by Crippen LogP contribution is 2.28. The second-order valence-electron chi connectivity index (χ2n) is 9.28. The van der Waals surface area contributed by atoms with Crippen molar-refractivity contribution in [2.75, 3.05) is 59.5 Å². The van der Waals surface area contributed by atoms with Crippen LogP contribution in [0.2, 0.25) is 0 Å². The van der Waals surface area contributed by atoms with Gasteiger partial charge in [0.15, 0.2) is 0 Å². The first-order valence-corrected chi connectivity index (χ1v) is 12.4. The average Bonchev–Trinajstić information content (AvgIpc) is 3.10. The fraction of sp³-hybridized carbons (Fsp3) is 0.560. The van der Waals surface area contributed by atoms with Crippen LogP contribution in [0, 0.1) is 19.7 Å². The zero-order valence-corrected chi connectivity index (χ0v) is 20.6. The average molecular weight is 476 g/mol. The molecule has 4 rings (SSSR count). The van der Waals surface area contributed by atoms with Crippen LogP contribution in [-0.2, 0) is 16.1 Å². The summed E-state index contributed by atoms with van der Waals surface area (Å²) in [7, 11) is 2.08. The maximum atomic E-state index is 13.3. The Labute approximate surface area is 199 Å². The molecule has 1 amide bonds. The van der Waals surface area contributed by atoms with Crippen LogP contribution in [-0.4, -0.2) is 85.7 Å². The quantitative estimate of drug-likeness (QED) is 0.615. The highest BCUT2D eigenvalue weighted by atomic mass is 32.1. The third-order valence-electron chi connectivity index (χ3n) is 6.51. The Morgan fingerprint density at radius 3 is 2.55 bits per heavy atom. The van der Waals surface area contributed by atoms with E-state index in [9.17, 15) is 9.18 Å². The zero-order chi connectivity index (χ0) is 23.4. The molecule has 3 heterocycles. The van der Waals surface area contributed by atoms with Crippen molar-refractivity contribution in [3.63, 3.8) is 0 Å². The van der Waals surface area contributed by atoms with Crippen molar-refractivity contribution in [3.05, 3.63) is 51.5 Å². The summed E-state index contributed by atoms with van der Waals surface area (Å²) in [4.78, 5) is 22.4. The van der Waals surface area contributed by atoms with Crippen LogP contribution >= 0.6 is 11.3 Å². The molecule has 0 spiro atoms. The molecule has 2 aromatic rings. The Morgan fingerprint density at radius 1 is 1.15 bits per heavy atom. The van der Waals surface area contributed by atoms with E-state index in [0.717, 1.165) is 39.3 Å². The van der Waals surface area contributed by atoms with E-state index in [4.69, 9.17) is 9.47 Å². The number of likely N-dealkylation sites (N-methyl/N-ethyl adjacent to an activating group) is 1. The normalized spacial score (nSPS) is 22.5. The molecule has 0 aliphatic carbocycles. The minimum absolute atomic E-state index is 0.107. The van der Waals surface area contributed by atoms with Gasteiger partial charge in [0.25, 0.3) is 0 Å². The molecule has 33 heavy (non-hydrogen) atoms. The first-order valence-electron chi connectivity index (χ1n) is 11.6. The lowest BCUT2D eigenvalue weighted by molar-refractivity contribution is -0.157. The lowest BCUT2D eigenvalue weighted by atomic mass is 9.96. The Balaban J connectivity index is 1.48. The zero-order valence-electron chi connectivity index (χ0n) is 19.8. The molecule has 0 unspecified atom stereocenters. The van der Waals surface area contributed by atoms with Crippen LogP contribution in [0.3, 0.4) is 0 Å². The molecule has 0 N–H and O–H groups in total. The highest BCUT2D eigenvalue weighted by Gasteiger charge is 2.41. The van der Waals surface area contributed by atoms with Crippen molar-refractivity contribution in [3.8, 4) is 5.75 Å². The predicted molar refractivity (Wildman–Crippen MR) is 128 cm³/mol. The van der Waals surface area contributed by atoms with E-state index in [2.05, 4.69) is 36.8 Å². The number of aryl methyl sites for hydroxylation is 2. The van der Waals surface area contributed by atoms with E-state index in [1.54, 1.807) is 12.1 Å². The number of piperazine rings is 1. The monoisotopic (exact) mass is 475 g/mol. The fourth-order valence-corrected chi connectivity index (χ4v) is 5.51. The van der Waals surface area contributed by atoms with E-state index < -0.39 is 5.60 Å². The molecule has 1 aromatic heterocycles. The number of thiophene rings is 1. The summed E-state index contributed by atoms with van der Waals surface area (Å²) in [6.45, 7) is 10.6. The van der Waals surface area contributed by atoms with Gasteiger partial charge in [0.1, 0.15) is 23.8 Å². The minimum atomic E-state index is -0.744. The molecule has 0 bridgehead atoms. The van der Waals surface area contributed by atoms with Gasteiger partial charge in [0, 0.05) is 55.6 Å². The first kappa shape index (κ1) is 24.1. The number of amides is 1. The Morgan fingerprint density at radius 2 is 1.88 bits per heavy atom. The number of benzene rings is 1. The molecule has 180 valence electrons. The summed E-state index contributed by atoms with van der Waals surface area (Å²) in [6, 6.07) is 8.24. The summed E-state index contributed by atoms with van der Waals surface area (Å²) in [5.41, 5.74) is 0.588. The predicted octanol–water partition coefficient (Wildman–Crippen LogP) is 3.32. The van der Waals surface area contributed by atoms with Gasteiger partial charge in [0.05, 0.1) is 13.0 Å². The van der Waals surface area contributed by atoms with Crippen molar-refractivity contribution < 1.29 is 18.7 Å². The van der Waals surface area contributed by atoms with Crippen LogP contribution < -0.4 is 4.74 Å². The van der Waals surface area contributed by atoms with Crippen molar-refractivity contribution in [2.24, 2.45) is 0 Å². The number of nitrogens with zero attached hydrogens (tertiary/aromatic N) is 3. The highest BCUT2D eigenvalue weighted by molar-refractivity contribution is 7.12. The van der Waals surface area contributed by atoms with Crippen molar-refractivity contribution >= 4 is 17.2 Å². The summed E-state index contributed by atoms with van der Waals surface area (Å²) in [5, 5.41) is 0. The standard InChI is InChI=1S/C25H34FN3O3S/c1-19-14-21(20(2)33-19)16-28-12-13-32-25(17-28,18-31-23-6-4-22(26)5-7-23)15-24(30)29-10-8-27(3)9-11-29/h4-7,14H,8-13,15-18H2,1-3H3/t25-/m1/s1. The summed E-state index contributed by atoms with van der Waals surface area (Å²) < 4.78 is 25.7. The third-order valence-corrected chi connectivity index (χ3v) is 7.52. The fourth-order valence-electron chi connectivity index (χ4n) is 4.57. The van der Waals surface area contributed by atoms with Crippen LogP contribution in [0.5, 0.6) is 5.75 Å². The number of rotatable bonds is 7. The summed E-state index contributed by atoms with van der Waals surface area (Å²) >= 11 is 1.82. The number of ether oxygens (including phenoxy) is 2. The second-order valence-corrected chi connectivity index (χ2v) is 10.7. The van der Waals surface area contributed by atoms with Crippen LogP contribution in [0.25, 0.3) is 0 Å². The van der Waals surface area contributed by atoms with Gasteiger partial charge in [-0.2, -0.15) is 0 Å². The number of hydrogen-bond donors (Lipinski definition) is 0. The van der Waals surface area contributed by atoms with E-state index >= 15 is 0 Å². The van der Waals surface area contributed by atoms with Gasteiger partial charge in [-0.1, -0.05) is 0 Å². The van der Waals surface area contributed by atoms with Gasteiger partial charge < -0.3 is 19.3 Å². The lowest BCUT2D eigenvalue weighted by Gasteiger charge is -2.43. The van der Waals surface area contributed by atoms with E-state index in [-0.39, 0.29) is 24.8 Å². The molecule has 6 nitrogen and oxygen atoms in total. The Kier molecular flexibility index (Phi) is 7.69. The largest absolute Gasteiger partial charge is 0.491 e. The molecule has 8 heteroatoms. The topological polar surface area (TPSA) is 45.3 Å². The summed E-state index contributed by atoms with van der Waals surface area (Å²) in [5.74, 6) is 0.381. The van der Waals surface area contributed by atoms with Crippen molar-refractivity contribution in [1.82, 2.24) is 14.7 Å². The molecule has 0 radical (unpaired) electrons. The minimum Gasteiger partial charge on any atom is -0.491 e. The van der Waals surface area contributed by atoms with E-state index in [1.165, 1.54) is 27.5 Å². The number of hydrogen-bond acceptors (Lipinski definition) is 6. The van der Waals surface area contributed by atoms with Gasteiger partial charge in [-0.25, -0.2) is 4.39 Å². The van der Waals surface area contributed by atoms with Gasteiger partial charge >= 0.3 is 0 Å². The smallest absolute Gasteiger partial charge is 0.225 e. The van der Waals surface area contributed by atoms with E-state index in [0.29, 0.717) is 18.9 Å². The van der Waals surface area contributed by atoms with Crippen LogP contribution in [0.1, 0.15) is 21.7 Å². The number of carbonyl (C=O) groups excluding carboxylic acids is 1. The van der Waals surface area contributed by atoms with Crippen molar-refractivity contribution in [2.45, 2.75) is 32.4 Å². The maximum Gasteiger partial charge on any atom is 0.225 e. The molecule has 1 atom stereocenters. The van der Waals surface area contributed by atoms with E-state index in [1.807, 2.05) is 16.2 Å². The Hall–Kier alpha value is -2.00. The molecule has 2 fully saturated rings. The number of carbonyl (C=O) groups is 1. The molecular weight excluding hydrogens is 441 g/mol. The van der Waals surface area contributed by atoms with Crippen molar-refractivity contribution in [1.29, 1.82) is 0 Å². The van der Waals surface area contributed by atoms with Crippen LogP contribution in [0.4, 0.5) is 4.39 Å². The third kappa shape index (κ3) is 6.32. The lowest BCUT2D eigenvalue weighted by Crippen LogP contribution is -2.58. The summed E-state index contributed by atoms with van der Waals surface area (Å²) in [6.07, 6.45) is 0.274. The molecule has 2 aliphatic heterocycles. The number of halogens is 1. The second kappa shape index (κ2) is 10.5. The van der Waals surface area contributed by atoms with Crippen LogP contribution in [0.15, 0.2) is 30.3 Å². The number of morpholine rings is 1. The molecule has 2 aliphatic rings. The molecule has 2 saturated heterocycles. The molecule has 0 saturated carbocycles. The van der Waals surface area contributed by atoms with Gasteiger partial charge in [-0.15, -0.1) is 11.3 Å². The molecule has 1 aromatic carbocycles. The van der Waals surface area contributed by atoms with Gasteiger partial charge in [-0.3, -0.25) is 9.69 Å². The van der Waals surface area contributed by atoms with Gasteiger partial charge in [0.2, 0.25) is 5.91 Å². The molecular formula is C25H34FN3O3S. The van der Waals surface area contributed by atoms with Gasteiger partial charge in [-0.05, 0) is 56.8 Å². The SMILES string of the molecule is Cc1cc(CN2CCO[C@](COc3ccc(F)cc3)(CC(=O)N3CCN(C)CC3)C2)c(C)s1.